The van der Waals surface area contributed by atoms with Gasteiger partial charge in [-0.25, -0.2) is 0 Å². The maximum atomic E-state index is 12.4. The highest BCUT2D eigenvalue weighted by atomic mass is 16.6. The largest absolute Gasteiger partial charge is 0.462 e. The van der Waals surface area contributed by atoms with Crippen LogP contribution in [0.15, 0.2) is 134 Å². The van der Waals surface area contributed by atoms with E-state index in [-0.39, 0.29) is 25.2 Å². The van der Waals surface area contributed by atoms with Gasteiger partial charge in [0.05, 0.1) is 6.61 Å². The summed E-state index contributed by atoms with van der Waals surface area (Å²) in [7, 11) is 0. The Labute approximate surface area is 572 Å². The second-order valence-electron chi connectivity index (χ2n) is 26.4. The molecule has 0 radical (unpaired) electrons. The number of carbonyl (C=O) groups excluding carboxylic acids is 2. The van der Waals surface area contributed by atoms with Gasteiger partial charge in [-0.2, -0.15) is 0 Å². The summed E-state index contributed by atoms with van der Waals surface area (Å²) in [5.74, 6) is -0.580. The van der Waals surface area contributed by atoms with Crippen molar-refractivity contribution in [3.8, 4) is 0 Å². The van der Waals surface area contributed by atoms with Crippen LogP contribution in [-0.2, 0) is 19.1 Å². The van der Waals surface area contributed by atoms with Gasteiger partial charge in [-0.15, -0.1) is 0 Å². The molecule has 0 fully saturated rings. The van der Waals surface area contributed by atoms with Crippen LogP contribution >= 0.6 is 0 Å². The molecular formula is C87H150O5. The van der Waals surface area contributed by atoms with Crippen LogP contribution in [0.4, 0.5) is 0 Å². The maximum absolute atomic E-state index is 12.4. The lowest BCUT2D eigenvalue weighted by Crippen LogP contribution is -2.28. The Morgan fingerprint density at radius 1 is 0.261 bits per heavy atom. The molecule has 0 aliphatic rings. The average Bonchev–Trinajstić information content (AvgIpc) is 3.64. The Balaban J connectivity index is 3.46. The van der Waals surface area contributed by atoms with E-state index in [0.717, 1.165) is 103 Å². The van der Waals surface area contributed by atoms with Crippen LogP contribution in [-0.4, -0.2) is 36.4 Å². The van der Waals surface area contributed by atoms with E-state index in [1.54, 1.807) is 0 Å². The van der Waals surface area contributed by atoms with Crippen LogP contribution in [0.25, 0.3) is 0 Å². The van der Waals surface area contributed by atoms with E-state index in [4.69, 9.17) is 9.47 Å². The summed E-state index contributed by atoms with van der Waals surface area (Å²) < 4.78 is 10.8. The van der Waals surface area contributed by atoms with Crippen LogP contribution < -0.4 is 0 Å². The fourth-order valence-electron chi connectivity index (χ4n) is 11.5. The first kappa shape index (κ1) is 88.0. The van der Waals surface area contributed by atoms with Crippen LogP contribution in [0.1, 0.15) is 386 Å². The lowest BCUT2D eigenvalue weighted by Gasteiger charge is -2.15. The smallest absolute Gasteiger partial charge is 0.306 e. The standard InChI is InChI=1S/C87H150O5/c1-3-5-7-9-11-13-15-17-19-21-23-25-27-29-31-33-35-37-39-41-42-43-44-46-48-50-52-54-56-58-60-62-64-66-68-70-72-74-76-78-80-82-87(90)92-85(83-88)84-91-86(89)81-79-77-75-73-71-69-67-65-63-61-59-57-55-53-51-49-47-45-40-38-36-34-32-30-28-26-24-22-20-18-16-14-12-10-8-6-4-2/h5,7,11,13,16-19,22-25,29,31,35,37,41-42,44,46,50,52,85,88H,3-4,6,8-10,12,14-15,20-21,26-28,30,32-34,36,38-40,43,45,47-49,51,53-84H2,1-2H3/b7-5-,13-11-,18-16-,19-17-,24-22-,25-23-,31-29-,37-35-,42-41-,46-44-,52-50-. The van der Waals surface area contributed by atoms with Gasteiger partial charge < -0.3 is 14.6 Å². The molecule has 0 aromatic carbocycles. The second-order valence-corrected chi connectivity index (χ2v) is 26.4. The summed E-state index contributed by atoms with van der Waals surface area (Å²) >= 11 is 0. The number of carbonyl (C=O) groups is 2. The van der Waals surface area contributed by atoms with Gasteiger partial charge in [-0.05, 0) is 116 Å². The number of ether oxygens (including phenoxy) is 2. The van der Waals surface area contributed by atoms with Crippen molar-refractivity contribution >= 4 is 11.9 Å². The number of aliphatic hydroxyl groups excluding tert-OH is 1. The predicted octanol–water partition coefficient (Wildman–Crippen LogP) is 28.2. The summed E-state index contributed by atoms with van der Waals surface area (Å²) in [5.41, 5.74) is 0. The highest BCUT2D eigenvalue weighted by Gasteiger charge is 2.16. The summed E-state index contributed by atoms with van der Waals surface area (Å²) in [4.78, 5) is 24.7. The van der Waals surface area contributed by atoms with Crippen molar-refractivity contribution in [1.82, 2.24) is 0 Å². The molecule has 528 valence electrons. The van der Waals surface area contributed by atoms with E-state index in [1.165, 1.54) is 257 Å². The molecule has 5 nitrogen and oxygen atoms in total. The van der Waals surface area contributed by atoms with Gasteiger partial charge >= 0.3 is 11.9 Å². The molecule has 0 aliphatic carbocycles. The van der Waals surface area contributed by atoms with Crippen molar-refractivity contribution in [3.63, 3.8) is 0 Å². The van der Waals surface area contributed by atoms with E-state index in [0.29, 0.717) is 12.8 Å². The molecule has 92 heavy (non-hydrogen) atoms. The van der Waals surface area contributed by atoms with E-state index in [1.807, 2.05) is 0 Å². The summed E-state index contributed by atoms with van der Waals surface area (Å²) in [6.07, 6.45) is 121. The fourth-order valence-corrected chi connectivity index (χ4v) is 11.5. The van der Waals surface area contributed by atoms with Crippen molar-refractivity contribution in [2.45, 2.75) is 392 Å². The molecule has 0 saturated carbocycles. The summed E-state index contributed by atoms with van der Waals surface area (Å²) in [6.45, 7) is 4.05. The van der Waals surface area contributed by atoms with Crippen molar-refractivity contribution in [2.75, 3.05) is 13.2 Å². The molecule has 0 aliphatic heterocycles. The van der Waals surface area contributed by atoms with Gasteiger partial charge in [0.25, 0.3) is 0 Å². The molecule has 0 aromatic heterocycles. The summed E-state index contributed by atoms with van der Waals surface area (Å²) in [5, 5.41) is 9.73. The lowest BCUT2D eigenvalue weighted by molar-refractivity contribution is -0.161. The number of hydrogen-bond donors (Lipinski definition) is 1. The number of hydrogen-bond acceptors (Lipinski definition) is 5. The number of allylic oxidation sites excluding steroid dienone is 22. The monoisotopic (exact) mass is 1280 g/mol. The van der Waals surface area contributed by atoms with Gasteiger partial charge in [0.1, 0.15) is 6.61 Å². The van der Waals surface area contributed by atoms with E-state index in [2.05, 4.69) is 148 Å². The first-order valence-corrected chi connectivity index (χ1v) is 39.7. The predicted molar refractivity (Wildman–Crippen MR) is 408 cm³/mol. The average molecular weight is 1280 g/mol. The lowest BCUT2D eigenvalue weighted by atomic mass is 10.0. The van der Waals surface area contributed by atoms with E-state index >= 15 is 0 Å². The van der Waals surface area contributed by atoms with Crippen molar-refractivity contribution < 1.29 is 24.2 Å². The Hall–Kier alpha value is -3.96. The molecule has 0 amide bonds. The maximum Gasteiger partial charge on any atom is 0.306 e. The number of aliphatic hydroxyl groups is 1. The Morgan fingerprint density at radius 3 is 0.707 bits per heavy atom. The molecule has 0 aromatic rings. The topological polar surface area (TPSA) is 72.8 Å². The quantitative estimate of drug-likeness (QED) is 0.0373. The second kappa shape index (κ2) is 81.3. The first-order valence-electron chi connectivity index (χ1n) is 39.7. The summed E-state index contributed by atoms with van der Waals surface area (Å²) in [6, 6.07) is 0. The third-order valence-corrected chi connectivity index (χ3v) is 17.4. The number of esters is 2. The molecule has 0 spiro atoms. The molecule has 5 heteroatoms. The van der Waals surface area contributed by atoms with Crippen molar-refractivity contribution in [3.05, 3.63) is 134 Å². The minimum atomic E-state index is -0.780. The normalized spacial score (nSPS) is 12.9. The van der Waals surface area contributed by atoms with Crippen LogP contribution in [0, 0.1) is 0 Å². The molecule has 0 saturated heterocycles. The zero-order valence-corrected chi connectivity index (χ0v) is 60.8. The number of unbranched alkanes of at least 4 members (excludes halogenated alkanes) is 43. The minimum absolute atomic E-state index is 0.0671. The fraction of sp³-hybridized carbons (Fsp3) is 0.724. The Bertz CT molecular complexity index is 1840. The molecule has 1 N–H and O–H groups in total. The molecular weight excluding hydrogens is 1120 g/mol. The van der Waals surface area contributed by atoms with Crippen LogP contribution in [0.5, 0.6) is 0 Å². The van der Waals surface area contributed by atoms with Gasteiger partial charge in [0.2, 0.25) is 0 Å². The van der Waals surface area contributed by atoms with Gasteiger partial charge in [-0.3, -0.25) is 9.59 Å². The molecule has 0 rings (SSSR count). The Morgan fingerprint density at radius 2 is 0.467 bits per heavy atom. The highest BCUT2D eigenvalue weighted by Crippen LogP contribution is 2.19. The molecule has 1 atom stereocenters. The van der Waals surface area contributed by atoms with Crippen LogP contribution in [0.3, 0.4) is 0 Å². The van der Waals surface area contributed by atoms with E-state index < -0.39 is 6.10 Å². The molecule has 1 unspecified atom stereocenters. The zero-order chi connectivity index (χ0) is 66.1. The third kappa shape index (κ3) is 78.5. The van der Waals surface area contributed by atoms with E-state index in [9.17, 15) is 14.7 Å². The minimum Gasteiger partial charge on any atom is -0.462 e. The SMILES string of the molecule is CC/C=C\C/C=C\C/C=C\C/C=C\C/C=C\C/C=C\C/C=C\C/C=C\C/C=C\CCCCCCCCCCCCCCCC(=O)OC(CO)COC(=O)CCCCCCCCCCCCCCCCCCCCCCCCCCC/C=C\C/C=C\CCCCCCC. The van der Waals surface area contributed by atoms with Crippen molar-refractivity contribution in [1.29, 1.82) is 0 Å². The van der Waals surface area contributed by atoms with Gasteiger partial charge in [-0.1, -0.05) is 392 Å². The van der Waals surface area contributed by atoms with Gasteiger partial charge in [0.15, 0.2) is 6.10 Å². The zero-order valence-electron chi connectivity index (χ0n) is 60.8. The first-order chi connectivity index (χ1) is 45.6. The van der Waals surface area contributed by atoms with Gasteiger partial charge in [0, 0.05) is 12.8 Å². The number of rotatable bonds is 73. The Kier molecular flexibility index (Phi) is 77.8. The highest BCUT2D eigenvalue weighted by molar-refractivity contribution is 5.70. The third-order valence-electron chi connectivity index (χ3n) is 17.4. The molecule has 0 heterocycles. The van der Waals surface area contributed by atoms with Crippen LogP contribution in [0.2, 0.25) is 0 Å². The molecule has 0 bridgehead atoms. The van der Waals surface area contributed by atoms with Crippen molar-refractivity contribution in [2.24, 2.45) is 0 Å².